The maximum Gasteiger partial charge on any atom is 0.374 e. The number of unbranched alkanes of at least 4 members (excludes halogenated alkanes) is 11. The first-order chi connectivity index (χ1) is 17.0. The molecule has 0 aliphatic carbocycles. The van der Waals surface area contributed by atoms with E-state index in [1.165, 1.54) is 82.2 Å². The highest BCUT2D eigenvalue weighted by atomic mass is 16.6. The van der Waals surface area contributed by atoms with E-state index in [2.05, 4.69) is 6.92 Å². The van der Waals surface area contributed by atoms with Gasteiger partial charge < -0.3 is 23.5 Å². The molecule has 200 valence electrons. The summed E-state index contributed by atoms with van der Waals surface area (Å²) in [6, 6.07) is 3.09. The zero-order chi connectivity index (χ0) is 25.7. The number of nitrogens with zero attached hydrogens (tertiary/aromatic N) is 1. The highest BCUT2D eigenvalue weighted by Gasteiger charge is 2.17. The lowest BCUT2D eigenvalue weighted by molar-refractivity contribution is -0.148. The van der Waals surface area contributed by atoms with Gasteiger partial charge in [-0.2, -0.15) is 0 Å². The van der Waals surface area contributed by atoms with Gasteiger partial charge in [0.05, 0.1) is 19.6 Å². The molecule has 0 spiro atoms. The predicted molar refractivity (Wildman–Crippen MR) is 134 cm³/mol. The number of hydrogen-bond acceptors (Lipinski definition) is 7. The molecule has 1 rings (SSSR count). The molecule has 0 aliphatic rings. The normalized spacial score (nSPS) is 10.7. The molecule has 35 heavy (non-hydrogen) atoms. The standard InChI is InChI=1S/C27H45NO7/c1-4-6-7-8-9-10-11-12-13-14-15-16-20-33-26-18-17-23(35-26)27(31)34-21-19-24(29)28(3)22-25(30)32-5-2/h17-18H,4-16,19-22H2,1-3H3. The van der Waals surface area contributed by atoms with Gasteiger partial charge in [-0.1, -0.05) is 77.6 Å². The van der Waals surface area contributed by atoms with Gasteiger partial charge in [-0.3, -0.25) is 9.59 Å². The Labute approximate surface area is 210 Å². The lowest BCUT2D eigenvalue weighted by Gasteiger charge is -2.15. The number of likely N-dealkylation sites (N-methyl/N-ethyl adjacent to an activating group) is 1. The SMILES string of the molecule is CCCCCCCCCCCCCCOc1ccc(C(=O)OCCC(=O)N(C)CC(=O)OCC)o1. The number of esters is 2. The van der Waals surface area contributed by atoms with Gasteiger partial charge in [0.25, 0.3) is 5.95 Å². The number of carbonyl (C=O) groups is 3. The minimum atomic E-state index is -0.661. The van der Waals surface area contributed by atoms with Crippen molar-refractivity contribution in [2.75, 3.05) is 33.4 Å². The van der Waals surface area contributed by atoms with Crippen molar-refractivity contribution >= 4 is 17.8 Å². The average Bonchev–Trinajstić information content (AvgIpc) is 3.31. The molecule has 0 radical (unpaired) electrons. The molecule has 0 aromatic carbocycles. The summed E-state index contributed by atoms with van der Waals surface area (Å²) in [7, 11) is 1.49. The van der Waals surface area contributed by atoms with Crippen molar-refractivity contribution in [1.29, 1.82) is 0 Å². The Hall–Kier alpha value is -2.51. The monoisotopic (exact) mass is 495 g/mol. The van der Waals surface area contributed by atoms with Crippen LogP contribution in [-0.4, -0.2) is 56.2 Å². The summed E-state index contributed by atoms with van der Waals surface area (Å²) >= 11 is 0. The van der Waals surface area contributed by atoms with E-state index in [1.807, 2.05) is 0 Å². The molecule has 0 N–H and O–H groups in total. The lowest BCUT2D eigenvalue weighted by atomic mass is 10.1. The van der Waals surface area contributed by atoms with E-state index in [4.69, 9.17) is 18.6 Å². The second-order valence-electron chi connectivity index (χ2n) is 8.80. The van der Waals surface area contributed by atoms with Gasteiger partial charge in [-0.15, -0.1) is 0 Å². The molecule has 0 saturated heterocycles. The van der Waals surface area contributed by atoms with Crippen LogP contribution in [0.5, 0.6) is 5.95 Å². The van der Waals surface area contributed by atoms with Crippen LogP contribution in [0.1, 0.15) is 108 Å². The number of hydrogen-bond donors (Lipinski definition) is 0. The number of amides is 1. The van der Waals surface area contributed by atoms with Gasteiger partial charge >= 0.3 is 11.9 Å². The zero-order valence-corrected chi connectivity index (χ0v) is 22.0. The molecule has 1 amide bonds. The summed E-state index contributed by atoms with van der Waals surface area (Å²) < 4.78 is 20.9. The van der Waals surface area contributed by atoms with Crippen LogP contribution in [0.15, 0.2) is 16.5 Å². The number of rotatable bonds is 21. The summed E-state index contributed by atoms with van der Waals surface area (Å²) in [4.78, 5) is 36.7. The maximum atomic E-state index is 12.1. The first-order valence-corrected chi connectivity index (χ1v) is 13.3. The highest BCUT2D eigenvalue weighted by Crippen LogP contribution is 2.18. The third-order valence-corrected chi connectivity index (χ3v) is 5.67. The summed E-state index contributed by atoms with van der Waals surface area (Å²) in [5, 5.41) is 0. The van der Waals surface area contributed by atoms with Crippen molar-refractivity contribution in [3.8, 4) is 5.95 Å². The summed E-state index contributed by atoms with van der Waals surface area (Å²) in [5.74, 6) is -1.15. The Morgan fingerprint density at radius 3 is 2.00 bits per heavy atom. The third-order valence-electron chi connectivity index (χ3n) is 5.67. The topological polar surface area (TPSA) is 95.3 Å². The molecule has 0 aliphatic heterocycles. The van der Waals surface area contributed by atoms with Gasteiger partial charge in [0.2, 0.25) is 11.7 Å². The Bertz CT molecular complexity index is 716. The van der Waals surface area contributed by atoms with Crippen LogP contribution in [0.4, 0.5) is 0 Å². The summed E-state index contributed by atoms with van der Waals surface area (Å²) in [5.41, 5.74) is 0. The van der Waals surface area contributed by atoms with E-state index in [-0.39, 0.29) is 43.8 Å². The van der Waals surface area contributed by atoms with Crippen molar-refractivity contribution in [2.24, 2.45) is 0 Å². The molecule has 0 unspecified atom stereocenters. The van der Waals surface area contributed by atoms with E-state index in [9.17, 15) is 14.4 Å². The Kier molecular flexibility index (Phi) is 17.2. The van der Waals surface area contributed by atoms with Crippen molar-refractivity contribution in [3.05, 3.63) is 17.9 Å². The molecule has 1 heterocycles. The van der Waals surface area contributed by atoms with Crippen LogP contribution in [-0.2, 0) is 19.1 Å². The second kappa shape index (κ2) is 19.8. The van der Waals surface area contributed by atoms with Gasteiger partial charge in [-0.25, -0.2) is 4.79 Å². The van der Waals surface area contributed by atoms with Crippen LogP contribution in [0, 0.1) is 0 Å². The zero-order valence-electron chi connectivity index (χ0n) is 22.0. The third kappa shape index (κ3) is 15.2. The van der Waals surface area contributed by atoms with Crippen molar-refractivity contribution in [3.63, 3.8) is 0 Å². The number of furan rings is 1. The minimum Gasteiger partial charge on any atom is -0.465 e. The van der Waals surface area contributed by atoms with Crippen molar-refractivity contribution in [2.45, 2.75) is 97.3 Å². The molecule has 8 heteroatoms. The van der Waals surface area contributed by atoms with Crippen LogP contribution in [0.2, 0.25) is 0 Å². The fourth-order valence-corrected chi connectivity index (χ4v) is 3.60. The smallest absolute Gasteiger partial charge is 0.374 e. The summed E-state index contributed by atoms with van der Waals surface area (Å²) in [6.45, 7) is 4.50. The van der Waals surface area contributed by atoms with Gasteiger partial charge in [-0.05, 0) is 19.4 Å². The fourth-order valence-electron chi connectivity index (χ4n) is 3.60. The van der Waals surface area contributed by atoms with Crippen molar-refractivity contribution < 1.29 is 33.0 Å². The Balaban J connectivity index is 2.07. The van der Waals surface area contributed by atoms with E-state index < -0.39 is 11.9 Å². The average molecular weight is 496 g/mol. The molecular weight excluding hydrogens is 450 g/mol. The molecule has 0 bridgehead atoms. The Morgan fingerprint density at radius 2 is 1.40 bits per heavy atom. The largest absolute Gasteiger partial charge is 0.465 e. The lowest BCUT2D eigenvalue weighted by Crippen LogP contribution is -2.33. The first-order valence-electron chi connectivity index (χ1n) is 13.3. The van der Waals surface area contributed by atoms with Crippen LogP contribution in [0.3, 0.4) is 0 Å². The number of carbonyl (C=O) groups excluding carboxylic acids is 3. The number of ether oxygens (including phenoxy) is 3. The van der Waals surface area contributed by atoms with Crippen LogP contribution < -0.4 is 4.74 Å². The van der Waals surface area contributed by atoms with Crippen molar-refractivity contribution in [1.82, 2.24) is 4.90 Å². The van der Waals surface area contributed by atoms with Gasteiger partial charge in [0.1, 0.15) is 13.2 Å². The van der Waals surface area contributed by atoms with E-state index in [1.54, 1.807) is 13.0 Å². The highest BCUT2D eigenvalue weighted by molar-refractivity contribution is 5.87. The van der Waals surface area contributed by atoms with Gasteiger partial charge in [0.15, 0.2) is 0 Å². The first kappa shape index (κ1) is 30.5. The Morgan fingerprint density at radius 1 is 0.800 bits per heavy atom. The molecule has 0 atom stereocenters. The molecular formula is C27H45NO7. The van der Waals surface area contributed by atoms with Gasteiger partial charge in [0, 0.05) is 13.1 Å². The second-order valence-corrected chi connectivity index (χ2v) is 8.80. The molecule has 1 aromatic rings. The predicted octanol–water partition coefficient (Wildman–Crippen LogP) is 5.93. The van der Waals surface area contributed by atoms with Crippen LogP contribution in [0.25, 0.3) is 0 Å². The quantitative estimate of drug-likeness (QED) is 0.154. The van der Waals surface area contributed by atoms with E-state index in [0.29, 0.717) is 6.61 Å². The minimum absolute atomic E-state index is 0.0296. The van der Waals surface area contributed by atoms with E-state index in [0.717, 1.165) is 12.8 Å². The molecule has 0 saturated carbocycles. The molecule has 0 fully saturated rings. The summed E-state index contributed by atoms with van der Waals surface area (Å²) in [6.07, 6.45) is 15.3. The van der Waals surface area contributed by atoms with E-state index >= 15 is 0 Å². The molecule has 1 aromatic heterocycles. The molecule has 8 nitrogen and oxygen atoms in total. The van der Waals surface area contributed by atoms with Crippen LogP contribution >= 0.6 is 0 Å². The fraction of sp³-hybridized carbons (Fsp3) is 0.741. The maximum absolute atomic E-state index is 12.1.